The Labute approximate surface area is 136 Å². The van der Waals surface area contributed by atoms with Crippen molar-refractivity contribution in [2.24, 2.45) is 0 Å². The molecule has 0 unspecified atom stereocenters. The van der Waals surface area contributed by atoms with Crippen LogP contribution in [-0.2, 0) is 19.4 Å². The lowest BCUT2D eigenvalue weighted by Crippen LogP contribution is -2.35. The number of amides is 2. The zero-order valence-corrected chi connectivity index (χ0v) is 13.3. The number of hydrogen-bond acceptors (Lipinski definition) is 9. The number of nitrogens with zero attached hydrogens (tertiary/aromatic N) is 4. The van der Waals surface area contributed by atoms with Gasteiger partial charge in [-0.2, -0.15) is 18.5 Å². The first kappa shape index (κ1) is 16.6. The molecule has 2 bridgehead atoms. The van der Waals surface area contributed by atoms with Gasteiger partial charge in [0.05, 0.1) is 18.7 Å². The maximum absolute atomic E-state index is 12.3. The molecule has 2 fully saturated rings. The van der Waals surface area contributed by atoms with Gasteiger partial charge < -0.3 is 14.2 Å². The first-order chi connectivity index (χ1) is 11.3. The Hall–Kier alpha value is -2.25. The highest BCUT2D eigenvalue weighted by molar-refractivity contribution is 7.80. The van der Waals surface area contributed by atoms with E-state index in [0.29, 0.717) is 17.9 Å². The Morgan fingerprint density at radius 3 is 2.88 bits per heavy atom. The molecular weight excluding hydrogens is 348 g/mol. The molecule has 0 aliphatic carbocycles. The summed E-state index contributed by atoms with van der Waals surface area (Å²) in [7, 11) is -4.81. The number of carbonyl (C=O) groups excluding carboxylic acids is 2. The second-order valence-electron chi connectivity index (χ2n) is 5.19. The maximum atomic E-state index is 12.3. The number of esters is 1. The Bertz CT molecular complexity index is 762. The van der Waals surface area contributed by atoms with Gasteiger partial charge in [-0.1, -0.05) is 5.16 Å². The molecule has 2 atom stereocenters. The molecule has 0 saturated carbocycles. The minimum Gasteiger partial charge on any atom is -0.459 e. The van der Waals surface area contributed by atoms with Crippen LogP contribution in [0.1, 0.15) is 42.3 Å². The molecule has 2 aliphatic rings. The van der Waals surface area contributed by atoms with Crippen molar-refractivity contribution < 1.29 is 36.1 Å². The van der Waals surface area contributed by atoms with Gasteiger partial charge in [-0.25, -0.2) is 9.59 Å². The molecule has 132 valence electrons. The number of urea groups is 1. The molecule has 0 spiro atoms. The molecule has 3 rings (SSSR count). The minimum atomic E-state index is -4.81. The fourth-order valence-corrected chi connectivity index (χ4v) is 3.13. The molecule has 24 heavy (non-hydrogen) atoms. The summed E-state index contributed by atoms with van der Waals surface area (Å²) in [5, 5.41) is 4.30. The summed E-state index contributed by atoms with van der Waals surface area (Å²) in [6.45, 7) is 1.94. The average molecular weight is 362 g/mol. The van der Waals surface area contributed by atoms with Gasteiger partial charge in [-0.3, -0.25) is 4.55 Å². The van der Waals surface area contributed by atoms with Crippen molar-refractivity contribution in [2.75, 3.05) is 13.2 Å². The monoisotopic (exact) mass is 362 g/mol. The molecule has 12 nitrogen and oxygen atoms in total. The van der Waals surface area contributed by atoms with E-state index >= 15 is 0 Å². The number of hydroxylamine groups is 2. The van der Waals surface area contributed by atoms with Crippen LogP contribution in [0.3, 0.4) is 0 Å². The molecule has 1 N–H and O–H groups in total. The molecule has 2 amide bonds. The normalized spacial score (nSPS) is 23.7. The Morgan fingerprint density at radius 2 is 2.21 bits per heavy atom. The van der Waals surface area contributed by atoms with E-state index in [4.69, 9.17) is 13.8 Å². The van der Waals surface area contributed by atoms with Crippen molar-refractivity contribution >= 4 is 22.4 Å². The zero-order valence-electron chi connectivity index (χ0n) is 12.5. The van der Waals surface area contributed by atoms with Gasteiger partial charge in [-0.15, -0.1) is 4.28 Å². The Morgan fingerprint density at radius 1 is 1.46 bits per heavy atom. The van der Waals surface area contributed by atoms with Gasteiger partial charge in [0.1, 0.15) is 0 Å². The lowest BCUT2D eigenvalue weighted by molar-refractivity contribution is -0.0317. The first-order valence-electron chi connectivity index (χ1n) is 7.07. The highest BCUT2D eigenvalue weighted by Crippen LogP contribution is 2.37. The highest BCUT2D eigenvalue weighted by Gasteiger charge is 2.49. The van der Waals surface area contributed by atoms with E-state index < -0.39 is 34.5 Å². The third-order valence-corrected chi connectivity index (χ3v) is 4.04. The molecule has 2 saturated heterocycles. The number of piperidine rings is 1. The minimum absolute atomic E-state index is 0.110. The molecule has 1 aromatic heterocycles. The molecule has 0 aromatic carbocycles. The first-order valence-corrected chi connectivity index (χ1v) is 8.44. The fraction of sp³-hybridized carbons (Fsp3) is 0.636. The summed E-state index contributed by atoms with van der Waals surface area (Å²) < 4.78 is 44.3. The fourth-order valence-electron chi connectivity index (χ4n) is 2.75. The van der Waals surface area contributed by atoms with E-state index in [0.717, 1.165) is 0 Å². The topological polar surface area (TPSA) is 152 Å². The van der Waals surface area contributed by atoms with Crippen molar-refractivity contribution in [1.82, 2.24) is 20.1 Å². The van der Waals surface area contributed by atoms with E-state index in [1.54, 1.807) is 6.92 Å². The van der Waals surface area contributed by atoms with Crippen LogP contribution in [0.15, 0.2) is 4.52 Å². The van der Waals surface area contributed by atoms with Crippen molar-refractivity contribution in [3.63, 3.8) is 0 Å². The van der Waals surface area contributed by atoms with Gasteiger partial charge in [-0.05, 0) is 19.8 Å². The molecular formula is C11H14N4O8S. The van der Waals surface area contributed by atoms with Crippen molar-refractivity contribution in [1.29, 1.82) is 0 Å². The van der Waals surface area contributed by atoms with E-state index in [-0.39, 0.29) is 24.9 Å². The van der Waals surface area contributed by atoms with Crippen molar-refractivity contribution in [2.45, 2.75) is 31.8 Å². The third kappa shape index (κ3) is 3.05. The summed E-state index contributed by atoms with van der Waals surface area (Å²) in [6.07, 6.45) is 0.801. The maximum Gasteiger partial charge on any atom is 0.418 e. The van der Waals surface area contributed by atoms with Crippen LogP contribution in [0.4, 0.5) is 4.79 Å². The summed E-state index contributed by atoms with van der Waals surface area (Å²) in [6, 6.07) is -1.87. The van der Waals surface area contributed by atoms with Crippen LogP contribution in [0.2, 0.25) is 0 Å². The number of aromatic nitrogens is 2. The van der Waals surface area contributed by atoms with Crippen LogP contribution >= 0.6 is 0 Å². The van der Waals surface area contributed by atoms with Gasteiger partial charge in [0.2, 0.25) is 0 Å². The summed E-state index contributed by atoms with van der Waals surface area (Å²) in [5.74, 6) is -0.987. The second-order valence-corrected chi connectivity index (χ2v) is 6.19. The Balaban J connectivity index is 1.78. The molecule has 3 heterocycles. The lowest BCUT2D eigenvalue weighted by atomic mass is 10.0. The average Bonchev–Trinajstić information content (AvgIpc) is 3.08. The number of carbonyl (C=O) groups is 2. The van der Waals surface area contributed by atoms with Gasteiger partial charge in [0.15, 0.2) is 5.82 Å². The lowest BCUT2D eigenvalue weighted by Gasteiger charge is -2.27. The number of fused-ring (bicyclic) bond motifs is 2. The number of hydrogen-bond donors (Lipinski definition) is 1. The van der Waals surface area contributed by atoms with Crippen LogP contribution < -0.4 is 0 Å². The second kappa shape index (κ2) is 5.99. The van der Waals surface area contributed by atoms with Gasteiger partial charge in [0, 0.05) is 6.54 Å². The van der Waals surface area contributed by atoms with Crippen LogP contribution in [0, 0.1) is 0 Å². The van der Waals surface area contributed by atoms with E-state index in [9.17, 15) is 18.0 Å². The standard InChI is InChI=1S/C11H14N4O8S/c1-2-21-10(16)9-12-8(13-22-9)7-4-3-6-5-14(7)11(17)15(6)23-24(18,19)20/h6-7H,2-5H2,1H3,(H,18,19,20)/t6-,7+/m0/s1. The van der Waals surface area contributed by atoms with Crippen LogP contribution in [-0.4, -0.2) is 64.3 Å². The molecule has 13 heteroatoms. The largest absolute Gasteiger partial charge is 0.459 e. The summed E-state index contributed by atoms with van der Waals surface area (Å²) >= 11 is 0. The third-order valence-electron chi connectivity index (χ3n) is 3.69. The highest BCUT2D eigenvalue weighted by atomic mass is 32.3. The quantitative estimate of drug-likeness (QED) is 0.556. The van der Waals surface area contributed by atoms with Crippen molar-refractivity contribution in [3.05, 3.63) is 11.7 Å². The van der Waals surface area contributed by atoms with Crippen LogP contribution in [0.5, 0.6) is 0 Å². The number of ether oxygens (including phenoxy) is 1. The van der Waals surface area contributed by atoms with E-state index in [2.05, 4.69) is 14.4 Å². The smallest absolute Gasteiger partial charge is 0.418 e. The van der Waals surface area contributed by atoms with Crippen molar-refractivity contribution in [3.8, 4) is 0 Å². The van der Waals surface area contributed by atoms with E-state index in [1.807, 2.05) is 0 Å². The molecule has 2 aliphatic heterocycles. The summed E-state index contributed by atoms with van der Waals surface area (Å²) in [4.78, 5) is 29.0. The van der Waals surface area contributed by atoms with Gasteiger partial charge >= 0.3 is 28.3 Å². The predicted molar refractivity (Wildman–Crippen MR) is 72.6 cm³/mol. The van der Waals surface area contributed by atoms with Gasteiger partial charge in [0.25, 0.3) is 0 Å². The SMILES string of the molecule is CCOC(=O)c1nc([C@H]2CC[C@H]3CN2C(=O)N3OS(=O)(=O)O)no1. The van der Waals surface area contributed by atoms with E-state index in [1.165, 1.54) is 4.90 Å². The molecule has 1 aromatic rings. The summed E-state index contributed by atoms with van der Waals surface area (Å²) in [5.41, 5.74) is 0. The zero-order chi connectivity index (χ0) is 17.5. The predicted octanol–water partition coefficient (Wildman–Crippen LogP) is -0.0782. The Kier molecular flexibility index (Phi) is 4.15. The molecule has 0 radical (unpaired) electrons. The van der Waals surface area contributed by atoms with Crippen LogP contribution in [0.25, 0.3) is 0 Å². The number of rotatable bonds is 5.